The highest BCUT2D eigenvalue weighted by atomic mass is 16.5. The van der Waals surface area contributed by atoms with E-state index in [2.05, 4.69) is 44.7 Å². The third-order valence-electron chi connectivity index (χ3n) is 3.84. The third-order valence-corrected chi connectivity index (χ3v) is 3.84. The molecule has 3 aromatic rings. The fourth-order valence-corrected chi connectivity index (χ4v) is 2.53. The summed E-state index contributed by atoms with van der Waals surface area (Å²) < 4.78 is 6.82. The Bertz CT molecular complexity index is 902. The van der Waals surface area contributed by atoms with Gasteiger partial charge >= 0.3 is 6.03 Å². The van der Waals surface area contributed by atoms with E-state index in [9.17, 15) is 4.79 Å². The van der Waals surface area contributed by atoms with Crippen molar-refractivity contribution >= 4 is 11.8 Å². The van der Waals surface area contributed by atoms with Crippen LogP contribution in [0.1, 0.15) is 38.5 Å². The molecule has 1 unspecified atom stereocenters. The molecule has 0 saturated heterocycles. The number of aromatic nitrogens is 5. The maximum Gasteiger partial charge on any atom is 0.321 e. The monoisotopic (exact) mass is 369 g/mol. The van der Waals surface area contributed by atoms with E-state index in [0.29, 0.717) is 29.1 Å². The lowest BCUT2D eigenvalue weighted by Gasteiger charge is -2.10. The lowest BCUT2D eigenvalue weighted by Crippen LogP contribution is -2.32. The molecule has 3 rings (SSSR count). The molecule has 0 aliphatic carbocycles. The molecule has 27 heavy (non-hydrogen) atoms. The van der Waals surface area contributed by atoms with Crippen LogP contribution in [0.5, 0.6) is 0 Å². The number of rotatable bonds is 6. The van der Waals surface area contributed by atoms with Gasteiger partial charge in [-0.1, -0.05) is 25.1 Å². The molecule has 0 aromatic carbocycles. The maximum absolute atomic E-state index is 12.3. The number of pyridine rings is 1. The zero-order chi connectivity index (χ0) is 19.4. The SMILES string of the molecule is CC(C)Cc1noc(C(C)NC(=O)Nc2cc(-c3ccccn3)nn2C)n1. The van der Waals surface area contributed by atoms with Crippen molar-refractivity contribution in [2.75, 3.05) is 5.32 Å². The standard InChI is InChI=1S/C18H23N7O2/c1-11(2)9-15-21-17(27-24-15)12(3)20-18(26)22-16-10-14(23-25(16)4)13-7-5-6-8-19-13/h5-8,10-12H,9H2,1-4H3,(H2,20,22,26). The lowest BCUT2D eigenvalue weighted by atomic mass is 10.1. The predicted octanol–water partition coefficient (Wildman–Crippen LogP) is 2.95. The van der Waals surface area contributed by atoms with Crippen LogP contribution in [-0.2, 0) is 13.5 Å². The van der Waals surface area contributed by atoms with E-state index in [1.165, 1.54) is 0 Å². The van der Waals surface area contributed by atoms with Gasteiger partial charge in [-0.15, -0.1) is 0 Å². The molecular formula is C18H23N7O2. The Labute approximate surface area is 157 Å². The first kappa shape index (κ1) is 18.6. The van der Waals surface area contributed by atoms with E-state index >= 15 is 0 Å². The molecule has 3 heterocycles. The number of hydrogen-bond acceptors (Lipinski definition) is 6. The Morgan fingerprint density at radius 3 is 2.78 bits per heavy atom. The molecule has 3 aromatic heterocycles. The number of anilines is 1. The van der Waals surface area contributed by atoms with Crippen LogP contribution in [0.15, 0.2) is 35.0 Å². The van der Waals surface area contributed by atoms with E-state index in [4.69, 9.17) is 4.52 Å². The first-order valence-electron chi connectivity index (χ1n) is 8.78. The van der Waals surface area contributed by atoms with E-state index in [0.717, 1.165) is 12.1 Å². The van der Waals surface area contributed by atoms with E-state index in [1.54, 1.807) is 30.9 Å². The quantitative estimate of drug-likeness (QED) is 0.691. The van der Waals surface area contributed by atoms with Gasteiger partial charge in [-0.3, -0.25) is 15.0 Å². The molecule has 0 fully saturated rings. The maximum atomic E-state index is 12.3. The molecule has 2 amide bonds. The Balaban J connectivity index is 1.62. The zero-order valence-electron chi connectivity index (χ0n) is 15.8. The average Bonchev–Trinajstić information content (AvgIpc) is 3.22. The summed E-state index contributed by atoms with van der Waals surface area (Å²) in [4.78, 5) is 20.9. The number of nitrogens with one attached hydrogen (secondary N) is 2. The summed E-state index contributed by atoms with van der Waals surface area (Å²) in [5.74, 6) is 1.99. The molecule has 0 aliphatic heterocycles. The summed E-state index contributed by atoms with van der Waals surface area (Å²) in [6, 6.07) is 6.54. The Kier molecular flexibility index (Phi) is 5.49. The summed E-state index contributed by atoms with van der Waals surface area (Å²) in [5, 5.41) is 13.9. The summed E-state index contributed by atoms with van der Waals surface area (Å²) in [6.07, 6.45) is 2.43. The summed E-state index contributed by atoms with van der Waals surface area (Å²) in [5.41, 5.74) is 1.41. The fourth-order valence-electron chi connectivity index (χ4n) is 2.53. The van der Waals surface area contributed by atoms with Gasteiger partial charge in [0.1, 0.15) is 17.6 Å². The Morgan fingerprint density at radius 2 is 2.07 bits per heavy atom. The topological polar surface area (TPSA) is 111 Å². The molecule has 0 aliphatic rings. The molecule has 2 N–H and O–H groups in total. The third kappa shape index (κ3) is 4.69. The molecule has 0 bridgehead atoms. The summed E-state index contributed by atoms with van der Waals surface area (Å²) >= 11 is 0. The molecule has 9 heteroatoms. The Morgan fingerprint density at radius 1 is 1.26 bits per heavy atom. The molecule has 9 nitrogen and oxygen atoms in total. The van der Waals surface area contributed by atoms with Gasteiger partial charge in [-0.2, -0.15) is 10.1 Å². The minimum atomic E-state index is -0.415. The first-order valence-corrected chi connectivity index (χ1v) is 8.78. The first-order chi connectivity index (χ1) is 12.9. The number of hydrogen-bond donors (Lipinski definition) is 2. The minimum Gasteiger partial charge on any atom is -0.337 e. The minimum absolute atomic E-state index is 0.375. The smallest absolute Gasteiger partial charge is 0.321 e. The van der Waals surface area contributed by atoms with Gasteiger partial charge < -0.3 is 9.84 Å². The van der Waals surface area contributed by atoms with Crippen LogP contribution < -0.4 is 10.6 Å². The summed E-state index contributed by atoms with van der Waals surface area (Å²) in [7, 11) is 1.75. The number of urea groups is 1. The number of amides is 2. The van der Waals surface area contributed by atoms with Crippen molar-refractivity contribution in [2.45, 2.75) is 33.2 Å². The van der Waals surface area contributed by atoms with Crippen LogP contribution in [0.2, 0.25) is 0 Å². The lowest BCUT2D eigenvalue weighted by molar-refractivity contribution is 0.245. The van der Waals surface area contributed by atoms with Gasteiger partial charge in [0, 0.05) is 25.7 Å². The number of carbonyl (C=O) groups is 1. The van der Waals surface area contributed by atoms with Crippen LogP contribution in [0, 0.1) is 5.92 Å². The Hall–Kier alpha value is -3.23. The highest BCUT2D eigenvalue weighted by Gasteiger charge is 2.18. The second-order valence-electron chi connectivity index (χ2n) is 6.72. The highest BCUT2D eigenvalue weighted by molar-refractivity contribution is 5.89. The van der Waals surface area contributed by atoms with Crippen molar-refractivity contribution in [1.82, 2.24) is 30.2 Å². The van der Waals surface area contributed by atoms with Crippen LogP contribution in [0.25, 0.3) is 11.4 Å². The normalized spacial score (nSPS) is 12.2. The van der Waals surface area contributed by atoms with Gasteiger partial charge in [0.05, 0.1) is 5.69 Å². The second-order valence-corrected chi connectivity index (χ2v) is 6.72. The molecule has 1 atom stereocenters. The molecule has 0 radical (unpaired) electrons. The van der Waals surface area contributed by atoms with Crippen molar-refractivity contribution in [1.29, 1.82) is 0 Å². The van der Waals surface area contributed by atoms with Crippen LogP contribution in [0.3, 0.4) is 0 Å². The largest absolute Gasteiger partial charge is 0.337 e. The fraction of sp³-hybridized carbons (Fsp3) is 0.389. The van der Waals surface area contributed by atoms with Crippen LogP contribution >= 0.6 is 0 Å². The van der Waals surface area contributed by atoms with Gasteiger partial charge in [0.25, 0.3) is 0 Å². The summed E-state index contributed by atoms with van der Waals surface area (Å²) in [6.45, 7) is 5.95. The van der Waals surface area contributed by atoms with Crippen molar-refractivity contribution in [2.24, 2.45) is 13.0 Å². The van der Waals surface area contributed by atoms with Gasteiger partial charge in [0.15, 0.2) is 5.82 Å². The number of nitrogens with zero attached hydrogens (tertiary/aromatic N) is 5. The number of carbonyl (C=O) groups excluding carboxylic acids is 1. The highest BCUT2D eigenvalue weighted by Crippen LogP contribution is 2.19. The van der Waals surface area contributed by atoms with Gasteiger partial charge in [-0.05, 0) is 25.0 Å². The van der Waals surface area contributed by atoms with Crippen molar-refractivity contribution in [3.8, 4) is 11.4 Å². The van der Waals surface area contributed by atoms with Crippen molar-refractivity contribution < 1.29 is 9.32 Å². The molecule has 0 spiro atoms. The van der Waals surface area contributed by atoms with Gasteiger partial charge in [0.2, 0.25) is 5.89 Å². The average molecular weight is 369 g/mol. The van der Waals surface area contributed by atoms with Crippen LogP contribution in [-0.4, -0.2) is 30.9 Å². The zero-order valence-corrected chi connectivity index (χ0v) is 15.8. The van der Waals surface area contributed by atoms with E-state index in [-0.39, 0.29) is 6.03 Å². The molecule has 142 valence electrons. The van der Waals surface area contributed by atoms with Crippen molar-refractivity contribution in [3.63, 3.8) is 0 Å². The van der Waals surface area contributed by atoms with Gasteiger partial charge in [-0.25, -0.2) is 4.79 Å². The molecular weight excluding hydrogens is 346 g/mol. The second kappa shape index (κ2) is 7.98. The van der Waals surface area contributed by atoms with Crippen molar-refractivity contribution in [3.05, 3.63) is 42.2 Å². The van der Waals surface area contributed by atoms with Crippen LogP contribution in [0.4, 0.5) is 10.6 Å². The predicted molar refractivity (Wildman–Crippen MR) is 99.8 cm³/mol. The molecule has 0 saturated carbocycles. The van der Waals surface area contributed by atoms with E-state index in [1.807, 2.05) is 18.2 Å². The van der Waals surface area contributed by atoms with E-state index < -0.39 is 6.04 Å². The number of aryl methyl sites for hydroxylation is 1.